The third kappa shape index (κ3) is 5.09. The summed E-state index contributed by atoms with van der Waals surface area (Å²) < 4.78 is 0. The number of piperidine rings is 1. The number of nitrogens with one attached hydrogen (secondary N) is 2. The van der Waals surface area contributed by atoms with Crippen LogP contribution in [0.3, 0.4) is 0 Å². The fourth-order valence-corrected chi connectivity index (χ4v) is 3.25. The van der Waals surface area contributed by atoms with E-state index in [1.165, 1.54) is 4.88 Å². The van der Waals surface area contributed by atoms with Gasteiger partial charge in [0, 0.05) is 11.4 Å². The summed E-state index contributed by atoms with van der Waals surface area (Å²) in [6, 6.07) is 0. The van der Waals surface area contributed by atoms with Gasteiger partial charge in [-0.05, 0) is 47.1 Å². The van der Waals surface area contributed by atoms with Gasteiger partial charge in [-0.3, -0.25) is 4.79 Å². The summed E-state index contributed by atoms with van der Waals surface area (Å²) >= 11 is 1.67. The molecule has 7 heteroatoms. The first kappa shape index (κ1) is 20.6. The van der Waals surface area contributed by atoms with Gasteiger partial charge in [-0.2, -0.15) is 0 Å². The van der Waals surface area contributed by atoms with Crippen LogP contribution in [0.25, 0.3) is 0 Å². The van der Waals surface area contributed by atoms with E-state index in [1.54, 1.807) is 11.3 Å². The Morgan fingerprint density at radius 1 is 1.38 bits per heavy atom. The number of carbonyl (C=O) groups is 1. The minimum atomic E-state index is -0.391. The number of aryl methyl sites for hydroxylation is 2. The number of halogens is 2. The Bertz CT molecular complexity index is 451. The lowest BCUT2D eigenvalue weighted by atomic mass is 9.97. The molecule has 1 aliphatic rings. The molecule has 2 N–H and O–H groups in total. The highest BCUT2D eigenvalue weighted by molar-refractivity contribution is 7.11. The summed E-state index contributed by atoms with van der Waals surface area (Å²) in [4.78, 5) is 18.1. The second-order valence-corrected chi connectivity index (χ2v) is 7.02. The molecule has 1 aliphatic heterocycles. The summed E-state index contributed by atoms with van der Waals surface area (Å²) in [6.07, 6.45) is 2.05. The van der Waals surface area contributed by atoms with Crippen molar-refractivity contribution in [3.63, 3.8) is 0 Å². The molecule has 0 bridgehead atoms. The maximum Gasteiger partial charge on any atom is 0.225 e. The largest absolute Gasteiger partial charge is 0.344 e. The molecule has 1 fully saturated rings. The number of thiazole rings is 1. The van der Waals surface area contributed by atoms with Gasteiger partial charge in [0.25, 0.3) is 0 Å². The Kier molecular flexibility index (Phi) is 8.18. The molecule has 0 spiro atoms. The number of nitrogens with zero attached hydrogens (tertiary/aromatic N) is 1. The van der Waals surface area contributed by atoms with Crippen LogP contribution in [0, 0.1) is 19.8 Å². The SMILES string of the molecule is Cc1nc(C(C)(C)NC(=O)C2CCCNC2)sc1C.Cl.Cl. The molecule has 4 nitrogen and oxygen atoms in total. The molecule has 1 atom stereocenters. The molecule has 0 aromatic carbocycles. The number of carbonyl (C=O) groups excluding carboxylic acids is 1. The lowest BCUT2D eigenvalue weighted by molar-refractivity contribution is -0.127. The Labute approximate surface area is 143 Å². The summed E-state index contributed by atoms with van der Waals surface area (Å²) in [5.74, 6) is 0.234. The molecule has 1 amide bonds. The molecule has 0 aliphatic carbocycles. The molecule has 1 aromatic heterocycles. The zero-order valence-electron chi connectivity index (χ0n) is 13.0. The van der Waals surface area contributed by atoms with Crippen LogP contribution in [0.15, 0.2) is 0 Å². The van der Waals surface area contributed by atoms with E-state index in [0.29, 0.717) is 0 Å². The molecule has 2 rings (SSSR count). The van der Waals surface area contributed by atoms with E-state index in [1.807, 2.05) is 20.8 Å². The number of hydrogen-bond acceptors (Lipinski definition) is 4. The highest BCUT2D eigenvalue weighted by atomic mass is 35.5. The summed E-state index contributed by atoms with van der Waals surface area (Å²) in [5.41, 5.74) is 0.666. The smallest absolute Gasteiger partial charge is 0.225 e. The molecule has 1 aromatic rings. The maximum absolute atomic E-state index is 12.3. The van der Waals surface area contributed by atoms with Crippen molar-refractivity contribution in [3.05, 3.63) is 15.6 Å². The molecule has 21 heavy (non-hydrogen) atoms. The van der Waals surface area contributed by atoms with Crippen LogP contribution in [0.5, 0.6) is 0 Å². The minimum Gasteiger partial charge on any atom is -0.344 e. The van der Waals surface area contributed by atoms with Crippen LogP contribution in [-0.4, -0.2) is 24.0 Å². The van der Waals surface area contributed by atoms with Gasteiger partial charge in [0.2, 0.25) is 5.91 Å². The average Bonchev–Trinajstić information content (AvgIpc) is 2.71. The molecule has 0 saturated carbocycles. The normalized spacial score (nSPS) is 18.4. The fourth-order valence-electron chi connectivity index (χ4n) is 2.28. The van der Waals surface area contributed by atoms with Crippen molar-refractivity contribution >= 4 is 42.1 Å². The maximum atomic E-state index is 12.3. The predicted octanol–water partition coefficient (Wildman–Crippen LogP) is 2.95. The van der Waals surface area contributed by atoms with E-state index in [-0.39, 0.29) is 36.6 Å². The first-order chi connectivity index (χ1) is 8.90. The topological polar surface area (TPSA) is 54.0 Å². The first-order valence-electron chi connectivity index (χ1n) is 6.87. The van der Waals surface area contributed by atoms with E-state index in [0.717, 1.165) is 36.6 Å². The van der Waals surface area contributed by atoms with Gasteiger partial charge in [0.05, 0.1) is 17.2 Å². The van der Waals surface area contributed by atoms with E-state index in [9.17, 15) is 4.79 Å². The molecular formula is C14H25Cl2N3OS. The quantitative estimate of drug-likeness (QED) is 0.878. The van der Waals surface area contributed by atoms with E-state index < -0.39 is 5.54 Å². The number of hydrogen-bond donors (Lipinski definition) is 2. The fraction of sp³-hybridized carbons (Fsp3) is 0.714. The predicted molar refractivity (Wildman–Crippen MR) is 92.8 cm³/mol. The minimum absolute atomic E-state index is 0. The third-order valence-corrected chi connectivity index (χ3v) is 5.06. The van der Waals surface area contributed by atoms with Gasteiger partial charge in [-0.1, -0.05) is 0 Å². The Hall–Kier alpha value is -0.360. The second-order valence-electron chi connectivity index (χ2n) is 5.82. The zero-order valence-corrected chi connectivity index (χ0v) is 15.4. The zero-order chi connectivity index (χ0) is 14.0. The van der Waals surface area contributed by atoms with Crippen molar-refractivity contribution in [3.8, 4) is 0 Å². The van der Waals surface area contributed by atoms with Crippen LogP contribution in [-0.2, 0) is 10.3 Å². The van der Waals surface area contributed by atoms with Gasteiger partial charge in [0.1, 0.15) is 5.01 Å². The standard InChI is InChI=1S/C14H23N3OS.2ClH/c1-9-10(2)19-13(16-9)14(3,4)17-12(18)11-6-5-7-15-8-11;;/h11,15H,5-8H2,1-4H3,(H,17,18);2*1H. The van der Waals surface area contributed by atoms with Crippen LogP contribution in [0.2, 0.25) is 0 Å². The van der Waals surface area contributed by atoms with E-state index in [2.05, 4.69) is 22.5 Å². The average molecular weight is 354 g/mol. The van der Waals surface area contributed by atoms with Crippen molar-refractivity contribution in [1.82, 2.24) is 15.6 Å². The summed E-state index contributed by atoms with van der Waals surface area (Å²) in [5, 5.41) is 7.42. The van der Waals surface area contributed by atoms with Crippen LogP contribution in [0.4, 0.5) is 0 Å². The number of rotatable bonds is 3. The Morgan fingerprint density at radius 3 is 2.52 bits per heavy atom. The second kappa shape index (κ2) is 8.32. The Morgan fingerprint density at radius 2 is 2.05 bits per heavy atom. The van der Waals surface area contributed by atoms with Crippen LogP contribution < -0.4 is 10.6 Å². The Balaban J connectivity index is 0.00000200. The lowest BCUT2D eigenvalue weighted by Crippen LogP contribution is -2.47. The monoisotopic (exact) mass is 353 g/mol. The van der Waals surface area contributed by atoms with Crippen LogP contribution >= 0.6 is 36.2 Å². The number of amides is 1. The van der Waals surface area contributed by atoms with Gasteiger partial charge in [0.15, 0.2) is 0 Å². The summed E-state index contributed by atoms with van der Waals surface area (Å²) in [7, 11) is 0. The molecular weight excluding hydrogens is 329 g/mol. The molecule has 0 radical (unpaired) electrons. The van der Waals surface area contributed by atoms with Crippen LogP contribution in [0.1, 0.15) is 42.3 Å². The molecule has 1 saturated heterocycles. The van der Waals surface area contributed by atoms with Gasteiger partial charge in [-0.15, -0.1) is 36.2 Å². The summed E-state index contributed by atoms with van der Waals surface area (Å²) in [6.45, 7) is 9.95. The van der Waals surface area contributed by atoms with Crippen molar-refractivity contribution in [2.24, 2.45) is 5.92 Å². The molecule has 1 unspecified atom stereocenters. The van der Waals surface area contributed by atoms with E-state index in [4.69, 9.17) is 0 Å². The van der Waals surface area contributed by atoms with Gasteiger partial charge >= 0.3 is 0 Å². The molecule has 2 heterocycles. The third-order valence-electron chi connectivity index (χ3n) is 3.67. The first-order valence-corrected chi connectivity index (χ1v) is 7.69. The molecule has 122 valence electrons. The lowest BCUT2D eigenvalue weighted by Gasteiger charge is -2.29. The van der Waals surface area contributed by atoms with Crippen molar-refractivity contribution in [2.45, 2.75) is 46.1 Å². The van der Waals surface area contributed by atoms with E-state index >= 15 is 0 Å². The highest BCUT2D eigenvalue weighted by Crippen LogP contribution is 2.27. The van der Waals surface area contributed by atoms with Gasteiger partial charge in [-0.25, -0.2) is 4.98 Å². The van der Waals surface area contributed by atoms with Crippen molar-refractivity contribution < 1.29 is 4.79 Å². The van der Waals surface area contributed by atoms with Crippen molar-refractivity contribution in [1.29, 1.82) is 0 Å². The van der Waals surface area contributed by atoms with Crippen molar-refractivity contribution in [2.75, 3.05) is 13.1 Å². The highest BCUT2D eigenvalue weighted by Gasteiger charge is 2.30. The number of aromatic nitrogens is 1. The van der Waals surface area contributed by atoms with Gasteiger partial charge < -0.3 is 10.6 Å².